The van der Waals surface area contributed by atoms with E-state index in [0.717, 1.165) is 23.6 Å². The monoisotopic (exact) mass is 339 g/mol. The molecule has 0 radical (unpaired) electrons. The van der Waals surface area contributed by atoms with Crippen molar-refractivity contribution >= 4 is 34.0 Å². The lowest BCUT2D eigenvalue weighted by Crippen LogP contribution is -2.12. The maximum absolute atomic E-state index is 11.1. The average Bonchev–Trinajstić information content (AvgIpc) is 2.95. The molecule has 22 heavy (non-hydrogen) atoms. The van der Waals surface area contributed by atoms with E-state index in [4.69, 9.17) is 16.3 Å². The number of anilines is 1. The van der Waals surface area contributed by atoms with Crippen molar-refractivity contribution in [2.75, 3.05) is 17.8 Å². The minimum atomic E-state index is -0.275. The standard InChI is InChI=1S/C15H18ClN3O2S/c1-10-5-3-6-12(11(10)2)21-8-4-7-14-18-19-15(22-14)17-13(20)9-16/h3,5-6H,4,7-9H2,1-2H3,(H,17,19,20). The smallest absolute Gasteiger partial charge is 0.241 e. The van der Waals surface area contributed by atoms with Gasteiger partial charge >= 0.3 is 0 Å². The first-order valence-corrected chi connectivity index (χ1v) is 8.32. The highest BCUT2D eigenvalue weighted by molar-refractivity contribution is 7.15. The van der Waals surface area contributed by atoms with Crippen molar-refractivity contribution in [2.24, 2.45) is 0 Å². The highest BCUT2D eigenvalue weighted by Crippen LogP contribution is 2.21. The zero-order valence-electron chi connectivity index (χ0n) is 12.6. The molecule has 2 aromatic rings. The zero-order chi connectivity index (χ0) is 15.9. The average molecular weight is 340 g/mol. The van der Waals surface area contributed by atoms with Gasteiger partial charge in [0.05, 0.1) is 6.61 Å². The van der Waals surface area contributed by atoms with Crippen LogP contribution in [0.4, 0.5) is 5.13 Å². The van der Waals surface area contributed by atoms with Crippen LogP contribution in [0.5, 0.6) is 5.75 Å². The number of rotatable bonds is 7. The second-order valence-corrected chi connectivity index (χ2v) is 6.16. The number of carbonyl (C=O) groups is 1. The fraction of sp³-hybridized carbons (Fsp3) is 0.400. The predicted molar refractivity (Wildman–Crippen MR) is 89.0 cm³/mol. The quantitative estimate of drug-likeness (QED) is 0.620. The van der Waals surface area contributed by atoms with Crippen molar-refractivity contribution in [3.8, 4) is 5.75 Å². The second-order valence-electron chi connectivity index (χ2n) is 4.83. The van der Waals surface area contributed by atoms with Gasteiger partial charge < -0.3 is 4.74 Å². The van der Waals surface area contributed by atoms with Crippen LogP contribution in [-0.2, 0) is 11.2 Å². The van der Waals surface area contributed by atoms with Crippen molar-refractivity contribution in [3.63, 3.8) is 0 Å². The van der Waals surface area contributed by atoms with Gasteiger partial charge in [-0.2, -0.15) is 0 Å². The van der Waals surface area contributed by atoms with Gasteiger partial charge in [-0.1, -0.05) is 23.5 Å². The van der Waals surface area contributed by atoms with Crippen molar-refractivity contribution in [3.05, 3.63) is 34.3 Å². The Balaban J connectivity index is 1.77. The summed E-state index contributed by atoms with van der Waals surface area (Å²) >= 11 is 6.78. The highest BCUT2D eigenvalue weighted by Gasteiger charge is 2.07. The normalized spacial score (nSPS) is 10.5. The van der Waals surface area contributed by atoms with E-state index in [1.54, 1.807) is 0 Å². The van der Waals surface area contributed by atoms with E-state index < -0.39 is 0 Å². The van der Waals surface area contributed by atoms with Crippen LogP contribution in [0.15, 0.2) is 18.2 Å². The number of carbonyl (C=O) groups excluding carboxylic acids is 1. The third-order valence-corrected chi connectivity index (χ3v) is 4.32. The summed E-state index contributed by atoms with van der Waals surface area (Å²) in [6.45, 7) is 4.74. The van der Waals surface area contributed by atoms with E-state index in [1.807, 2.05) is 12.1 Å². The molecule has 0 bridgehead atoms. The summed E-state index contributed by atoms with van der Waals surface area (Å²) in [5.41, 5.74) is 2.39. The molecule has 0 unspecified atom stereocenters. The largest absolute Gasteiger partial charge is 0.493 e. The summed E-state index contributed by atoms with van der Waals surface area (Å²) < 4.78 is 5.80. The SMILES string of the molecule is Cc1cccc(OCCCc2nnc(NC(=O)CCl)s2)c1C. The fourth-order valence-electron chi connectivity index (χ4n) is 1.84. The number of ether oxygens (including phenoxy) is 1. The van der Waals surface area contributed by atoms with Crippen LogP contribution in [0.3, 0.4) is 0 Å². The maximum atomic E-state index is 11.1. The second kappa shape index (κ2) is 8.10. The van der Waals surface area contributed by atoms with Crippen LogP contribution in [0.1, 0.15) is 22.6 Å². The van der Waals surface area contributed by atoms with E-state index in [1.165, 1.54) is 22.5 Å². The third kappa shape index (κ3) is 4.68. The van der Waals surface area contributed by atoms with Gasteiger partial charge in [0.1, 0.15) is 16.6 Å². The van der Waals surface area contributed by atoms with E-state index in [9.17, 15) is 4.79 Å². The van der Waals surface area contributed by atoms with Gasteiger partial charge in [0, 0.05) is 6.42 Å². The zero-order valence-corrected chi connectivity index (χ0v) is 14.1. The first-order chi connectivity index (χ1) is 10.6. The molecule has 0 atom stereocenters. The molecule has 0 aliphatic heterocycles. The van der Waals surface area contributed by atoms with E-state index >= 15 is 0 Å². The van der Waals surface area contributed by atoms with Crippen LogP contribution in [-0.4, -0.2) is 28.6 Å². The molecule has 1 N–H and O–H groups in total. The minimum Gasteiger partial charge on any atom is -0.493 e. The summed E-state index contributed by atoms with van der Waals surface area (Å²) in [6, 6.07) is 6.04. The molecule has 2 rings (SSSR count). The number of alkyl halides is 1. The Morgan fingerprint density at radius 2 is 2.18 bits per heavy atom. The number of hydrogen-bond acceptors (Lipinski definition) is 5. The number of nitrogens with one attached hydrogen (secondary N) is 1. The molecule has 0 spiro atoms. The summed E-state index contributed by atoms with van der Waals surface area (Å²) in [5, 5.41) is 11.9. The van der Waals surface area contributed by atoms with Gasteiger partial charge in [0.15, 0.2) is 0 Å². The molecular weight excluding hydrogens is 322 g/mol. The van der Waals surface area contributed by atoms with Gasteiger partial charge in [0.25, 0.3) is 0 Å². The highest BCUT2D eigenvalue weighted by atomic mass is 35.5. The third-order valence-electron chi connectivity index (χ3n) is 3.18. The molecule has 0 saturated carbocycles. The molecule has 1 amide bonds. The van der Waals surface area contributed by atoms with Crippen molar-refractivity contribution in [1.29, 1.82) is 0 Å². The minimum absolute atomic E-state index is 0.0847. The fourth-order valence-corrected chi connectivity index (χ4v) is 2.71. The van der Waals surface area contributed by atoms with Crippen LogP contribution < -0.4 is 10.1 Å². The lowest BCUT2D eigenvalue weighted by atomic mass is 10.1. The molecule has 0 aliphatic rings. The Labute approximate surface area is 138 Å². The van der Waals surface area contributed by atoms with Gasteiger partial charge in [-0.15, -0.1) is 21.8 Å². The molecule has 1 aromatic carbocycles. The lowest BCUT2D eigenvalue weighted by molar-refractivity contribution is -0.113. The van der Waals surface area contributed by atoms with Crippen molar-refractivity contribution in [2.45, 2.75) is 26.7 Å². The molecule has 1 heterocycles. The number of nitrogens with zero attached hydrogens (tertiary/aromatic N) is 2. The summed E-state index contributed by atoms with van der Waals surface area (Å²) in [7, 11) is 0. The van der Waals surface area contributed by atoms with E-state index in [-0.39, 0.29) is 11.8 Å². The molecule has 0 fully saturated rings. The Kier molecular flexibility index (Phi) is 6.15. The number of aromatic nitrogens is 2. The Morgan fingerprint density at radius 1 is 1.36 bits per heavy atom. The predicted octanol–water partition coefficient (Wildman–Crippen LogP) is 3.34. The van der Waals surface area contributed by atoms with Crippen LogP contribution in [0, 0.1) is 13.8 Å². The summed E-state index contributed by atoms with van der Waals surface area (Å²) in [5.74, 6) is 0.563. The van der Waals surface area contributed by atoms with Crippen molar-refractivity contribution in [1.82, 2.24) is 10.2 Å². The Bertz CT molecular complexity index is 645. The van der Waals surface area contributed by atoms with Crippen LogP contribution in [0.2, 0.25) is 0 Å². The van der Waals surface area contributed by atoms with Gasteiger partial charge in [0.2, 0.25) is 11.0 Å². The summed E-state index contributed by atoms with van der Waals surface area (Å²) in [6.07, 6.45) is 1.60. The number of aryl methyl sites for hydroxylation is 2. The van der Waals surface area contributed by atoms with Crippen molar-refractivity contribution < 1.29 is 9.53 Å². The molecule has 5 nitrogen and oxygen atoms in total. The van der Waals surface area contributed by atoms with E-state index in [2.05, 4.69) is 35.4 Å². The number of amides is 1. The van der Waals surface area contributed by atoms with Gasteiger partial charge in [-0.3, -0.25) is 10.1 Å². The number of halogens is 1. The first kappa shape index (κ1) is 16.7. The molecule has 7 heteroatoms. The topological polar surface area (TPSA) is 64.1 Å². The summed E-state index contributed by atoms with van der Waals surface area (Å²) in [4.78, 5) is 11.1. The molecule has 118 valence electrons. The number of hydrogen-bond donors (Lipinski definition) is 1. The molecule has 1 aromatic heterocycles. The Hall–Kier alpha value is -1.66. The molecular formula is C15H18ClN3O2S. The maximum Gasteiger partial charge on any atom is 0.241 e. The van der Waals surface area contributed by atoms with Gasteiger partial charge in [-0.05, 0) is 37.5 Å². The molecule has 0 saturated heterocycles. The first-order valence-electron chi connectivity index (χ1n) is 6.97. The van der Waals surface area contributed by atoms with E-state index in [0.29, 0.717) is 11.7 Å². The lowest BCUT2D eigenvalue weighted by Gasteiger charge is -2.10. The Morgan fingerprint density at radius 3 is 2.95 bits per heavy atom. The van der Waals surface area contributed by atoms with Crippen LogP contribution >= 0.6 is 22.9 Å². The number of benzene rings is 1. The van der Waals surface area contributed by atoms with Crippen LogP contribution in [0.25, 0.3) is 0 Å². The van der Waals surface area contributed by atoms with Gasteiger partial charge in [-0.25, -0.2) is 0 Å². The molecule has 0 aliphatic carbocycles.